The molecule has 32 heavy (non-hydrogen) atoms. The first-order valence-electron chi connectivity index (χ1n) is 12.2. The predicted octanol–water partition coefficient (Wildman–Crippen LogP) is 4.62. The van der Waals surface area contributed by atoms with E-state index < -0.39 is 5.41 Å². The number of nitrogens with one attached hydrogen (secondary N) is 1. The minimum Gasteiger partial charge on any atom is -0.356 e. The van der Waals surface area contributed by atoms with E-state index in [1.165, 1.54) is 25.7 Å². The van der Waals surface area contributed by atoms with E-state index in [1.807, 2.05) is 36.1 Å². The van der Waals surface area contributed by atoms with Crippen LogP contribution in [0.3, 0.4) is 0 Å². The molecule has 0 radical (unpaired) electrons. The predicted molar refractivity (Wildman–Crippen MR) is 127 cm³/mol. The molecule has 0 unspecified atom stereocenters. The van der Waals surface area contributed by atoms with Gasteiger partial charge in [-0.1, -0.05) is 37.1 Å². The molecule has 5 heteroatoms. The van der Waals surface area contributed by atoms with Crippen LogP contribution in [-0.2, 0) is 16.0 Å². The van der Waals surface area contributed by atoms with E-state index in [9.17, 15) is 9.59 Å². The van der Waals surface area contributed by atoms with Crippen LogP contribution in [0.4, 0.5) is 0 Å². The Bertz CT molecular complexity index is 924. The van der Waals surface area contributed by atoms with Crippen molar-refractivity contribution in [2.24, 2.45) is 11.3 Å². The second kappa shape index (κ2) is 10.3. The monoisotopic (exact) mass is 433 g/mol. The fourth-order valence-corrected chi connectivity index (χ4v) is 5.55. The zero-order valence-electron chi connectivity index (χ0n) is 19.2. The third-order valence-corrected chi connectivity index (χ3v) is 7.22. The molecule has 1 aromatic carbocycles. The smallest absolute Gasteiger partial charge is 0.228 e. The summed E-state index contributed by atoms with van der Waals surface area (Å²) >= 11 is 0. The molecule has 1 saturated heterocycles. The lowest BCUT2D eigenvalue weighted by atomic mass is 9.73. The van der Waals surface area contributed by atoms with E-state index in [0.717, 1.165) is 36.1 Å². The highest BCUT2D eigenvalue weighted by molar-refractivity contribution is 5.85. The Kier molecular flexibility index (Phi) is 7.23. The molecular formula is C27H35N3O2. The number of hydrogen-bond donors (Lipinski definition) is 1. The molecule has 1 saturated carbocycles. The summed E-state index contributed by atoms with van der Waals surface area (Å²) in [6, 6.07) is 12.3. The Labute approximate surface area is 191 Å². The number of carbonyl (C=O) groups is 2. The van der Waals surface area contributed by atoms with Crippen molar-refractivity contribution in [3.05, 3.63) is 54.4 Å². The highest BCUT2D eigenvalue weighted by Gasteiger charge is 2.43. The maximum atomic E-state index is 13.4. The van der Waals surface area contributed by atoms with Crippen LogP contribution in [0.2, 0.25) is 0 Å². The molecule has 2 heterocycles. The van der Waals surface area contributed by atoms with Gasteiger partial charge in [-0.25, -0.2) is 0 Å². The topological polar surface area (TPSA) is 62.3 Å². The summed E-state index contributed by atoms with van der Waals surface area (Å²) in [6.07, 6.45) is 11.4. The standard InChI is InChI=1S/C27H35N3O2/c1-2-29-26(32)27(14-7-17-30(20-27)25(31)18-21-8-3-4-9-21)19-23-10-5-6-11-24(23)22-12-15-28-16-13-22/h5-6,10-13,15-16,21H,2-4,7-9,14,17-20H2,1H3,(H,29,32)/t27-/m0/s1. The van der Waals surface area contributed by atoms with Gasteiger partial charge in [-0.15, -0.1) is 0 Å². The van der Waals surface area contributed by atoms with E-state index in [0.29, 0.717) is 31.8 Å². The largest absolute Gasteiger partial charge is 0.356 e. The van der Waals surface area contributed by atoms with Gasteiger partial charge in [0.1, 0.15) is 0 Å². The summed E-state index contributed by atoms with van der Waals surface area (Å²) in [6.45, 7) is 3.83. The summed E-state index contributed by atoms with van der Waals surface area (Å²) in [5.41, 5.74) is 2.79. The molecule has 2 aliphatic rings. The number of amides is 2. The van der Waals surface area contributed by atoms with Gasteiger partial charge in [0.15, 0.2) is 0 Å². The van der Waals surface area contributed by atoms with E-state index in [2.05, 4.69) is 22.4 Å². The van der Waals surface area contributed by atoms with Crippen molar-refractivity contribution in [3.8, 4) is 11.1 Å². The van der Waals surface area contributed by atoms with Crippen LogP contribution in [-0.4, -0.2) is 41.3 Å². The van der Waals surface area contributed by atoms with Crippen molar-refractivity contribution < 1.29 is 9.59 Å². The Morgan fingerprint density at radius 2 is 1.84 bits per heavy atom. The van der Waals surface area contributed by atoms with E-state index >= 15 is 0 Å². The number of benzene rings is 1. The number of aromatic nitrogens is 1. The van der Waals surface area contributed by atoms with Crippen molar-refractivity contribution >= 4 is 11.8 Å². The maximum absolute atomic E-state index is 13.4. The van der Waals surface area contributed by atoms with Crippen LogP contribution in [0, 0.1) is 11.3 Å². The molecule has 0 spiro atoms. The number of likely N-dealkylation sites (tertiary alicyclic amines) is 1. The van der Waals surface area contributed by atoms with Crippen LogP contribution in [0.5, 0.6) is 0 Å². The number of nitrogens with zero attached hydrogens (tertiary/aromatic N) is 2. The lowest BCUT2D eigenvalue weighted by molar-refractivity contribution is -0.142. The van der Waals surface area contributed by atoms with Crippen molar-refractivity contribution in [1.29, 1.82) is 0 Å². The summed E-state index contributed by atoms with van der Waals surface area (Å²) in [5.74, 6) is 0.825. The number of pyridine rings is 1. The Balaban J connectivity index is 1.60. The molecule has 2 aromatic rings. The van der Waals surface area contributed by atoms with Crippen LogP contribution >= 0.6 is 0 Å². The first kappa shape index (κ1) is 22.5. The molecular weight excluding hydrogens is 398 g/mol. The molecule has 1 aliphatic heterocycles. The van der Waals surface area contributed by atoms with Crippen molar-refractivity contribution in [2.75, 3.05) is 19.6 Å². The van der Waals surface area contributed by atoms with Crippen molar-refractivity contribution in [3.63, 3.8) is 0 Å². The second-order valence-corrected chi connectivity index (χ2v) is 9.48. The van der Waals surface area contributed by atoms with Crippen LogP contribution in [0.15, 0.2) is 48.8 Å². The SMILES string of the molecule is CCNC(=O)[C@]1(Cc2ccccc2-c2ccncc2)CCCN(C(=O)CC2CCCC2)C1. The average molecular weight is 434 g/mol. The van der Waals surface area contributed by atoms with Gasteiger partial charge in [0.05, 0.1) is 5.41 Å². The third kappa shape index (κ3) is 5.03. The molecule has 1 N–H and O–H groups in total. The number of rotatable bonds is 7. The van der Waals surface area contributed by atoms with Gasteiger partial charge in [0.25, 0.3) is 0 Å². The van der Waals surface area contributed by atoms with Gasteiger partial charge < -0.3 is 10.2 Å². The van der Waals surface area contributed by atoms with Gasteiger partial charge in [0.2, 0.25) is 11.8 Å². The van der Waals surface area contributed by atoms with E-state index in [4.69, 9.17) is 0 Å². The fraction of sp³-hybridized carbons (Fsp3) is 0.519. The lowest BCUT2D eigenvalue weighted by Crippen LogP contribution is -2.54. The number of carbonyl (C=O) groups excluding carboxylic acids is 2. The van der Waals surface area contributed by atoms with Gasteiger partial charge in [0, 0.05) is 38.4 Å². The molecule has 5 nitrogen and oxygen atoms in total. The maximum Gasteiger partial charge on any atom is 0.228 e. The normalized spacial score (nSPS) is 21.5. The van der Waals surface area contributed by atoms with Crippen LogP contribution in [0.25, 0.3) is 11.1 Å². The summed E-state index contributed by atoms with van der Waals surface area (Å²) in [4.78, 5) is 32.7. The average Bonchev–Trinajstić information content (AvgIpc) is 3.33. The summed E-state index contributed by atoms with van der Waals surface area (Å²) in [7, 11) is 0. The molecule has 1 atom stereocenters. The van der Waals surface area contributed by atoms with E-state index in [-0.39, 0.29) is 11.8 Å². The number of hydrogen-bond acceptors (Lipinski definition) is 3. The second-order valence-electron chi connectivity index (χ2n) is 9.48. The fourth-order valence-electron chi connectivity index (χ4n) is 5.55. The number of piperidine rings is 1. The summed E-state index contributed by atoms with van der Waals surface area (Å²) in [5, 5.41) is 3.08. The molecule has 170 valence electrons. The highest BCUT2D eigenvalue weighted by Crippen LogP contribution is 2.38. The summed E-state index contributed by atoms with van der Waals surface area (Å²) < 4.78 is 0. The Morgan fingerprint density at radius 3 is 2.59 bits per heavy atom. The van der Waals surface area contributed by atoms with Crippen molar-refractivity contribution in [2.45, 2.75) is 58.3 Å². The zero-order valence-corrected chi connectivity index (χ0v) is 19.2. The molecule has 2 fully saturated rings. The third-order valence-electron chi connectivity index (χ3n) is 7.22. The van der Waals surface area contributed by atoms with Crippen molar-refractivity contribution in [1.82, 2.24) is 15.2 Å². The zero-order chi connectivity index (χ0) is 22.4. The Morgan fingerprint density at radius 1 is 1.09 bits per heavy atom. The van der Waals surface area contributed by atoms with Crippen LogP contribution < -0.4 is 5.32 Å². The molecule has 2 amide bonds. The minimum atomic E-state index is -0.595. The van der Waals surface area contributed by atoms with Crippen LogP contribution in [0.1, 0.15) is 57.4 Å². The first-order chi connectivity index (χ1) is 15.6. The van der Waals surface area contributed by atoms with Gasteiger partial charge in [-0.2, -0.15) is 0 Å². The molecule has 4 rings (SSSR count). The quantitative estimate of drug-likeness (QED) is 0.693. The minimum absolute atomic E-state index is 0.0721. The van der Waals surface area contributed by atoms with E-state index in [1.54, 1.807) is 12.4 Å². The lowest BCUT2D eigenvalue weighted by Gasteiger charge is -2.42. The molecule has 0 bridgehead atoms. The van der Waals surface area contributed by atoms with Gasteiger partial charge >= 0.3 is 0 Å². The van der Waals surface area contributed by atoms with Gasteiger partial charge in [-0.05, 0) is 73.8 Å². The Hall–Kier alpha value is -2.69. The first-order valence-corrected chi connectivity index (χ1v) is 12.2. The molecule has 1 aromatic heterocycles. The van der Waals surface area contributed by atoms with Gasteiger partial charge in [-0.3, -0.25) is 14.6 Å². The highest BCUT2D eigenvalue weighted by atomic mass is 16.2. The molecule has 1 aliphatic carbocycles.